The molecule has 0 saturated carbocycles. The minimum Gasteiger partial charge on any atom is -0.497 e. The molecule has 1 rings (SSSR count). The van der Waals surface area contributed by atoms with Crippen LogP contribution in [-0.2, 0) is 4.79 Å². The van der Waals surface area contributed by atoms with Gasteiger partial charge in [-0.05, 0) is 36.2 Å². The van der Waals surface area contributed by atoms with Gasteiger partial charge in [-0.1, -0.05) is 0 Å². The normalized spacial score (nSPS) is 9.64. The second-order valence-corrected chi connectivity index (χ2v) is 3.25. The third-order valence-electron chi connectivity index (χ3n) is 1.61. The van der Waals surface area contributed by atoms with Gasteiger partial charge >= 0.3 is 0 Å². The molecule has 0 atom stereocenters. The van der Waals surface area contributed by atoms with E-state index in [1.165, 1.54) is 0 Å². The van der Waals surface area contributed by atoms with Gasteiger partial charge in [0, 0.05) is 6.07 Å². The third kappa shape index (κ3) is 3.26. The molecule has 0 fully saturated rings. The molecule has 0 N–H and O–H groups in total. The van der Waals surface area contributed by atoms with Gasteiger partial charge in [0.15, 0.2) is 6.61 Å². The van der Waals surface area contributed by atoms with Crippen LogP contribution in [0.15, 0.2) is 18.2 Å². The van der Waals surface area contributed by atoms with Crippen molar-refractivity contribution in [3.63, 3.8) is 0 Å². The zero-order valence-corrected chi connectivity index (χ0v) is 8.80. The van der Waals surface area contributed by atoms with Crippen LogP contribution in [-0.4, -0.2) is 19.0 Å². The summed E-state index contributed by atoms with van der Waals surface area (Å²) in [6.07, 6.45) is 0. The van der Waals surface area contributed by atoms with E-state index in [9.17, 15) is 4.79 Å². The summed E-state index contributed by atoms with van der Waals surface area (Å²) in [7, 11) is 1.57. The molecule has 0 heterocycles. The highest BCUT2D eigenvalue weighted by Gasteiger charge is 2.01. The molecule has 14 heavy (non-hydrogen) atoms. The number of carbonyl (C=O) groups is 1. The first-order valence-electron chi connectivity index (χ1n) is 4.08. The lowest BCUT2D eigenvalue weighted by molar-refractivity contribution is -0.113. The zero-order valence-electron chi connectivity index (χ0n) is 8.04. The van der Waals surface area contributed by atoms with Crippen LogP contribution in [0.3, 0.4) is 0 Å². The van der Waals surface area contributed by atoms with E-state index in [-0.39, 0.29) is 6.61 Å². The van der Waals surface area contributed by atoms with Crippen molar-refractivity contribution in [2.45, 2.75) is 6.92 Å². The first-order valence-corrected chi connectivity index (χ1v) is 4.46. The molecular formula is C10H11ClO3. The summed E-state index contributed by atoms with van der Waals surface area (Å²) in [5.41, 5.74) is 1.00. The molecule has 0 unspecified atom stereocenters. The molecule has 1 aromatic carbocycles. The molecule has 0 bridgehead atoms. The highest BCUT2D eigenvalue weighted by molar-refractivity contribution is 6.63. The van der Waals surface area contributed by atoms with Crippen LogP contribution in [0.1, 0.15) is 5.56 Å². The molecule has 0 saturated heterocycles. The van der Waals surface area contributed by atoms with Gasteiger partial charge in [-0.25, -0.2) is 0 Å². The SMILES string of the molecule is COc1cc(C)cc(OCC(=O)Cl)c1. The number of aryl methyl sites for hydroxylation is 1. The van der Waals surface area contributed by atoms with E-state index in [0.717, 1.165) is 5.56 Å². The van der Waals surface area contributed by atoms with Crippen LogP contribution in [0.25, 0.3) is 0 Å². The monoisotopic (exact) mass is 214 g/mol. The molecule has 4 heteroatoms. The number of benzene rings is 1. The van der Waals surface area contributed by atoms with E-state index < -0.39 is 5.24 Å². The molecule has 0 amide bonds. The average Bonchev–Trinajstić information content (AvgIpc) is 2.14. The van der Waals surface area contributed by atoms with Crippen LogP contribution in [0, 0.1) is 6.92 Å². The summed E-state index contributed by atoms with van der Waals surface area (Å²) in [6.45, 7) is 1.78. The Balaban J connectivity index is 2.76. The van der Waals surface area contributed by atoms with Gasteiger partial charge < -0.3 is 9.47 Å². The van der Waals surface area contributed by atoms with E-state index >= 15 is 0 Å². The van der Waals surface area contributed by atoms with Crippen LogP contribution >= 0.6 is 11.6 Å². The lowest BCUT2D eigenvalue weighted by Gasteiger charge is -2.07. The average molecular weight is 215 g/mol. The van der Waals surface area contributed by atoms with Gasteiger partial charge in [0.05, 0.1) is 7.11 Å². The summed E-state index contributed by atoms with van der Waals surface area (Å²) >= 11 is 5.15. The molecule has 1 aromatic rings. The summed E-state index contributed by atoms with van der Waals surface area (Å²) < 4.78 is 10.2. The first kappa shape index (κ1) is 10.9. The Kier molecular flexibility index (Phi) is 3.77. The van der Waals surface area contributed by atoms with Gasteiger partial charge in [0.2, 0.25) is 0 Å². The van der Waals surface area contributed by atoms with Crippen molar-refractivity contribution in [1.82, 2.24) is 0 Å². The minimum atomic E-state index is -0.523. The molecule has 0 aliphatic heterocycles. The second kappa shape index (κ2) is 4.86. The highest BCUT2D eigenvalue weighted by Crippen LogP contribution is 2.22. The maximum Gasteiger partial charge on any atom is 0.259 e. The maximum absolute atomic E-state index is 10.5. The highest BCUT2D eigenvalue weighted by atomic mass is 35.5. The Morgan fingerprint density at radius 1 is 1.36 bits per heavy atom. The fourth-order valence-corrected chi connectivity index (χ4v) is 1.11. The molecule has 0 aliphatic carbocycles. The van der Waals surface area contributed by atoms with E-state index in [1.54, 1.807) is 13.2 Å². The van der Waals surface area contributed by atoms with E-state index in [2.05, 4.69) is 0 Å². The van der Waals surface area contributed by atoms with Crippen molar-refractivity contribution < 1.29 is 14.3 Å². The van der Waals surface area contributed by atoms with Crippen molar-refractivity contribution in [3.05, 3.63) is 23.8 Å². The lowest BCUT2D eigenvalue weighted by atomic mass is 10.2. The largest absolute Gasteiger partial charge is 0.497 e. The number of ether oxygens (including phenoxy) is 2. The smallest absolute Gasteiger partial charge is 0.259 e. The number of halogens is 1. The molecule has 0 spiro atoms. The van der Waals surface area contributed by atoms with Crippen LogP contribution in [0.4, 0.5) is 0 Å². The number of hydrogen-bond acceptors (Lipinski definition) is 3. The lowest BCUT2D eigenvalue weighted by Crippen LogP contribution is -2.04. The van der Waals surface area contributed by atoms with E-state index in [1.807, 2.05) is 19.1 Å². The fourth-order valence-electron chi connectivity index (χ4n) is 1.06. The minimum absolute atomic E-state index is 0.131. The van der Waals surface area contributed by atoms with Crippen molar-refractivity contribution in [2.75, 3.05) is 13.7 Å². The standard InChI is InChI=1S/C10H11ClO3/c1-7-3-8(13-2)5-9(4-7)14-6-10(11)12/h3-5H,6H2,1-2H3. The first-order chi connectivity index (χ1) is 6.61. The zero-order chi connectivity index (χ0) is 10.6. The number of hydrogen-bond donors (Lipinski definition) is 0. The summed E-state index contributed by atoms with van der Waals surface area (Å²) in [4.78, 5) is 10.5. The summed E-state index contributed by atoms with van der Waals surface area (Å²) in [6, 6.07) is 5.38. The molecule has 76 valence electrons. The number of rotatable bonds is 4. The van der Waals surface area contributed by atoms with Gasteiger partial charge in [0.1, 0.15) is 11.5 Å². The van der Waals surface area contributed by atoms with Crippen molar-refractivity contribution in [3.8, 4) is 11.5 Å². The quantitative estimate of drug-likeness (QED) is 0.721. The predicted octanol–water partition coefficient (Wildman–Crippen LogP) is 2.15. The molecule has 0 aromatic heterocycles. The Morgan fingerprint density at radius 3 is 2.57 bits per heavy atom. The predicted molar refractivity (Wildman–Crippen MR) is 54.1 cm³/mol. The van der Waals surface area contributed by atoms with Gasteiger partial charge in [0.25, 0.3) is 5.24 Å². The Morgan fingerprint density at radius 2 is 2.00 bits per heavy atom. The molecule has 0 aliphatic rings. The summed E-state index contributed by atoms with van der Waals surface area (Å²) in [5, 5.41) is -0.523. The van der Waals surface area contributed by atoms with E-state index in [4.69, 9.17) is 21.1 Å². The van der Waals surface area contributed by atoms with Crippen molar-refractivity contribution >= 4 is 16.8 Å². The van der Waals surface area contributed by atoms with Crippen molar-refractivity contribution in [1.29, 1.82) is 0 Å². The van der Waals surface area contributed by atoms with Crippen LogP contribution in [0.2, 0.25) is 0 Å². The fraction of sp³-hybridized carbons (Fsp3) is 0.300. The van der Waals surface area contributed by atoms with Crippen LogP contribution < -0.4 is 9.47 Å². The Labute approximate surface area is 87.6 Å². The van der Waals surface area contributed by atoms with Gasteiger partial charge in [-0.3, -0.25) is 4.79 Å². The molecular weight excluding hydrogens is 204 g/mol. The van der Waals surface area contributed by atoms with Gasteiger partial charge in [-0.2, -0.15) is 0 Å². The maximum atomic E-state index is 10.5. The van der Waals surface area contributed by atoms with E-state index in [0.29, 0.717) is 11.5 Å². The van der Waals surface area contributed by atoms with Gasteiger partial charge in [-0.15, -0.1) is 0 Å². The molecule has 0 radical (unpaired) electrons. The van der Waals surface area contributed by atoms with Crippen LogP contribution in [0.5, 0.6) is 11.5 Å². The Hall–Kier alpha value is -1.22. The summed E-state index contributed by atoms with van der Waals surface area (Å²) in [5.74, 6) is 1.28. The van der Waals surface area contributed by atoms with Crippen molar-refractivity contribution in [2.24, 2.45) is 0 Å². The number of methoxy groups -OCH3 is 1. The topological polar surface area (TPSA) is 35.5 Å². The molecule has 3 nitrogen and oxygen atoms in total. The number of carbonyl (C=O) groups excluding carboxylic acids is 1. The second-order valence-electron chi connectivity index (χ2n) is 2.83. The Bertz CT molecular complexity index is 336. The third-order valence-corrected chi connectivity index (χ3v) is 1.72.